The number of thioether (sulfide) groups is 1. The summed E-state index contributed by atoms with van der Waals surface area (Å²) in [6, 6.07) is 13.5. The van der Waals surface area contributed by atoms with Crippen LogP contribution in [0.25, 0.3) is 0 Å². The lowest BCUT2D eigenvalue weighted by molar-refractivity contribution is -0.116. The topological polar surface area (TPSA) is 93.3 Å². The van der Waals surface area contributed by atoms with E-state index < -0.39 is 5.92 Å². The van der Waals surface area contributed by atoms with E-state index in [4.69, 9.17) is 9.47 Å². The smallest absolute Gasteiger partial charge is 0.257 e. The number of benzene rings is 2. The Kier molecular flexibility index (Phi) is 5.99. The quantitative estimate of drug-likeness (QED) is 0.449. The first-order valence-corrected chi connectivity index (χ1v) is 10.8. The summed E-state index contributed by atoms with van der Waals surface area (Å²) in [5, 5.41) is 3.22. The van der Waals surface area contributed by atoms with E-state index in [0.717, 1.165) is 11.1 Å². The van der Waals surface area contributed by atoms with Crippen molar-refractivity contribution in [3.8, 4) is 11.5 Å². The molecular weight excluding hydrogens is 414 g/mol. The molecule has 3 aromatic rings. The van der Waals surface area contributed by atoms with Crippen LogP contribution in [0.3, 0.4) is 0 Å². The summed E-state index contributed by atoms with van der Waals surface area (Å²) in [5.74, 6) is 1.50. The van der Waals surface area contributed by atoms with Gasteiger partial charge < -0.3 is 19.8 Å². The molecule has 1 aliphatic rings. The van der Waals surface area contributed by atoms with Crippen molar-refractivity contribution in [2.24, 2.45) is 0 Å². The van der Waals surface area contributed by atoms with Crippen LogP contribution in [0, 0.1) is 6.92 Å². The van der Waals surface area contributed by atoms with Gasteiger partial charge in [-0.15, -0.1) is 0 Å². The average molecular weight is 438 g/mol. The molecule has 0 radical (unpaired) electrons. The van der Waals surface area contributed by atoms with Crippen molar-refractivity contribution in [3.05, 3.63) is 75.1 Å². The predicted octanol–water partition coefficient (Wildman–Crippen LogP) is 3.86. The van der Waals surface area contributed by atoms with E-state index in [1.807, 2.05) is 37.3 Å². The molecule has 2 N–H and O–H groups in total. The number of aryl methyl sites for hydroxylation is 1. The molecule has 2 aromatic carbocycles. The summed E-state index contributed by atoms with van der Waals surface area (Å²) < 4.78 is 10.8. The van der Waals surface area contributed by atoms with E-state index in [-0.39, 0.29) is 17.9 Å². The van der Waals surface area contributed by atoms with Crippen molar-refractivity contribution in [2.45, 2.75) is 30.2 Å². The van der Waals surface area contributed by atoms with E-state index in [0.29, 0.717) is 33.8 Å². The molecule has 1 atom stereocenters. The second-order valence-corrected chi connectivity index (χ2v) is 8.28. The molecule has 0 spiro atoms. The number of nitrogens with one attached hydrogen (secondary N) is 2. The van der Waals surface area contributed by atoms with Crippen LogP contribution >= 0.6 is 11.8 Å². The molecule has 1 aromatic heterocycles. The van der Waals surface area contributed by atoms with Gasteiger partial charge in [-0.1, -0.05) is 47.7 Å². The Morgan fingerprint density at radius 1 is 1.10 bits per heavy atom. The predicted molar refractivity (Wildman–Crippen MR) is 120 cm³/mol. The average Bonchev–Trinajstić information content (AvgIpc) is 2.77. The van der Waals surface area contributed by atoms with E-state index in [1.54, 1.807) is 26.4 Å². The maximum absolute atomic E-state index is 13.0. The molecule has 1 unspecified atom stereocenters. The van der Waals surface area contributed by atoms with E-state index in [2.05, 4.69) is 15.3 Å². The zero-order valence-electron chi connectivity index (χ0n) is 17.5. The number of aromatic amines is 1. The normalized spacial score (nSPS) is 15.2. The number of rotatable bonds is 6. The van der Waals surface area contributed by atoms with Gasteiger partial charge in [0, 0.05) is 29.7 Å². The molecule has 2 heterocycles. The maximum atomic E-state index is 13.0. The highest BCUT2D eigenvalue weighted by Crippen LogP contribution is 2.40. The van der Waals surface area contributed by atoms with Gasteiger partial charge in [-0.05, 0) is 18.6 Å². The number of nitrogens with zero attached hydrogens (tertiary/aromatic N) is 1. The number of ether oxygens (including phenoxy) is 2. The standard InChI is InChI=1S/C23H23N3O4S/c1-13-4-6-14(7-5-13)12-31-23-25-21-20(22(28)26-23)17(11-19(27)24-21)16-9-8-15(29-2)10-18(16)30-3/h4-10,17H,11-12H2,1-3H3,(H2,24,25,26,27,28). The summed E-state index contributed by atoms with van der Waals surface area (Å²) in [6.45, 7) is 2.04. The van der Waals surface area contributed by atoms with Gasteiger partial charge in [0.25, 0.3) is 5.56 Å². The van der Waals surface area contributed by atoms with Gasteiger partial charge in [0.1, 0.15) is 17.3 Å². The van der Waals surface area contributed by atoms with Crippen LogP contribution in [0.4, 0.5) is 5.82 Å². The monoisotopic (exact) mass is 437 g/mol. The number of anilines is 1. The third-order valence-corrected chi connectivity index (χ3v) is 6.19. The van der Waals surface area contributed by atoms with Gasteiger partial charge in [-0.2, -0.15) is 0 Å². The molecule has 0 fully saturated rings. The first-order valence-electron chi connectivity index (χ1n) is 9.83. The minimum absolute atomic E-state index is 0.135. The van der Waals surface area contributed by atoms with Crippen molar-refractivity contribution in [3.63, 3.8) is 0 Å². The van der Waals surface area contributed by atoms with Crippen molar-refractivity contribution >= 4 is 23.5 Å². The Morgan fingerprint density at radius 2 is 1.87 bits per heavy atom. The van der Waals surface area contributed by atoms with Gasteiger partial charge in [0.2, 0.25) is 5.91 Å². The number of aromatic nitrogens is 2. The first-order chi connectivity index (χ1) is 15.0. The molecule has 0 bridgehead atoms. The lowest BCUT2D eigenvalue weighted by atomic mass is 9.86. The Labute approximate surface area is 184 Å². The summed E-state index contributed by atoms with van der Waals surface area (Å²) in [6.07, 6.45) is 0.135. The lowest BCUT2D eigenvalue weighted by Crippen LogP contribution is -2.31. The third-order valence-electron chi connectivity index (χ3n) is 5.24. The highest BCUT2D eigenvalue weighted by atomic mass is 32.2. The largest absolute Gasteiger partial charge is 0.497 e. The molecule has 8 heteroatoms. The van der Waals surface area contributed by atoms with Crippen LogP contribution in [0.15, 0.2) is 52.4 Å². The van der Waals surface area contributed by atoms with Crippen LogP contribution < -0.4 is 20.3 Å². The second kappa shape index (κ2) is 8.85. The molecule has 0 aliphatic carbocycles. The van der Waals surface area contributed by atoms with Gasteiger partial charge in [0.05, 0.1) is 19.8 Å². The zero-order valence-corrected chi connectivity index (χ0v) is 18.3. The number of carbonyl (C=O) groups excluding carboxylic acids is 1. The summed E-state index contributed by atoms with van der Waals surface area (Å²) in [5.41, 5.74) is 3.23. The van der Waals surface area contributed by atoms with Crippen LogP contribution in [0.2, 0.25) is 0 Å². The van der Waals surface area contributed by atoms with Gasteiger partial charge in [-0.3, -0.25) is 9.59 Å². The van der Waals surface area contributed by atoms with Gasteiger partial charge in [0.15, 0.2) is 5.16 Å². The van der Waals surface area contributed by atoms with Crippen molar-refractivity contribution < 1.29 is 14.3 Å². The maximum Gasteiger partial charge on any atom is 0.257 e. The summed E-state index contributed by atoms with van der Waals surface area (Å²) in [4.78, 5) is 32.9. The zero-order chi connectivity index (χ0) is 22.0. The fourth-order valence-corrected chi connectivity index (χ4v) is 4.44. The first kappa shape index (κ1) is 21.0. The van der Waals surface area contributed by atoms with Gasteiger partial charge >= 0.3 is 0 Å². The number of fused-ring (bicyclic) bond motifs is 1. The molecule has 1 aliphatic heterocycles. The van der Waals surface area contributed by atoms with Crippen LogP contribution in [-0.4, -0.2) is 30.1 Å². The van der Waals surface area contributed by atoms with Crippen molar-refractivity contribution in [1.82, 2.24) is 9.97 Å². The van der Waals surface area contributed by atoms with E-state index in [1.165, 1.54) is 17.3 Å². The van der Waals surface area contributed by atoms with Gasteiger partial charge in [-0.25, -0.2) is 4.98 Å². The van der Waals surface area contributed by atoms with Crippen molar-refractivity contribution in [2.75, 3.05) is 19.5 Å². The minimum Gasteiger partial charge on any atom is -0.497 e. The Balaban J connectivity index is 1.67. The summed E-state index contributed by atoms with van der Waals surface area (Å²) in [7, 11) is 3.12. The molecule has 0 saturated heterocycles. The number of carbonyl (C=O) groups is 1. The van der Waals surface area contributed by atoms with Crippen LogP contribution in [-0.2, 0) is 10.5 Å². The number of hydrogen-bond acceptors (Lipinski definition) is 6. The molecule has 1 amide bonds. The molecule has 160 valence electrons. The van der Waals surface area contributed by atoms with E-state index in [9.17, 15) is 9.59 Å². The molecule has 4 rings (SSSR count). The Bertz CT molecular complexity index is 1170. The fourth-order valence-electron chi connectivity index (χ4n) is 3.63. The number of methoxy groups -OCH3 is 2. The van der Waals surface area contributed by atoms with Crippen molar-refractivity contribution in [1.29, 1.82) is 0 Å². The lowest BCUT2D eigenvalue weighted by Gasteiger charge is -2.26. The van der Waals surface area contributed by atoms with Crippen LogP contribution in [0.1, 0.15) is 34.6 Å². The van der Waals surface area contributed by atoms with Crippen LogP contribution in [0.5, 0.6) is 11.5 Å². The number of hydrogen-bond donors (Lipinski definition) is 2. The Hall–Kier alpha value is -3.26. The van der Waals surface area contributed by atoms with E-state index >= 15 is 0 Å². The molecular formula is C23H23N3O4S. The molecule has 7 nitrogen and oxygen atoms in total. The highest BCUT2D eigenvalue weighted by molar-refractivity contribution is 7.98. The fraction of sp³-hybridized carbons (Fsp3) is 0.261. The molecule has 0 saturated carbocycles. The minimum atomic E-state index is -0.461. The third kappa shape index (κ3) is 4.44. The number of amides is 1. The summed E-state index contributed by atoms with van der Waals surface area (Å²) >= 11 is 1.42. The number of H-pyrrole nitrogens is 1. The Morgan fingerprint density at radius 3 is 2.58 bits per heavy atom. The second-order valence-electron chi connectivity index (χ2n) is 7.32. The molecule has 31 heavy (non-hydrogen) atoms. The highest BCUT2D eigenvalue weighted by Gasteiger charge is 2.32. The SMILES string of the molecule is COc1ccc(C2CC(=O)Nc3nc(SCc4ccc(C)cc4)[nH]c(=O)c32)c(OC)c1.